The summed E-state index contributed by atoms with van der Waals surface area (Å²) in [5.41, 5.74) is 2.96. The lowest BCUT2D eigenvalue weighted by molar-refractivity contribution is -0.125. The molecule has 208 valence electrons. The van der Waals surface area contributed by atoms with E-state index in [4.69, 9.17) is 4.74 Å². The number of benzene rings is 2. The molecule has 10 heteroatoms. The van der Waals surface area contributed by atoms with Crippen LogP contribution in [0.25, 0.3) is 11.3 Å². The molecule has 2 aliphatic rings. The second kappa shape index (κ2) is 12.6. The first-order valence-corrected chi connectivity index (χ1v) is 13.7. The van der Waals surface area contributed by atoms with Crippen LogP contribution in [0.15, 0.2) is 60.9 Å². The number of ether oxygens (including phenoxy) is 1. The largest absolute Gasteiger partial charge is 0.497 e. The predicted molar refractivity (Wildman–Crippen MR) is 152 cm³/mol. The normalized spacial score (nSPS) is 16.6. The van der Waals surface area contributed by atoms with E-state index in [2.05, 4.69) is 30.8 Å². The molecule has 1 saturated heterocycles. The zero-order valence-electron chi connectivity index (χ0n) is 22.6. The Hall–Kier alpha value is -4.47. The van der Waals surface area contributed by atoms with Gasteiger partial charge in [-0.1, -0.05) is 0 Å². The summed E-state index contributed by atoms with van der Waals surface area (Å²) in [7, 11) is 1.64. The molecule has 2 fully saturated rings. The molecule has 1 unspecified atom stereocenters. The number of carbonyl (C=O) groups excluding carboxylic acids is 3. The highest BCUT2D eigenvalue weighted by molar-refractivity contribution is 5.96. The number of methoxy groups -OCH3 is 1. The fourth-order valence-corrected chi connectivity index (χ4v) is 4.74. The third-order valence-corrected chi connectivity index (χ3v) is 7.23. The number of carbonyl (C=O) groups is 3. The number of hydrogen-bond donors (Lipinski definition) is 3. The molecule has 1 aliphatic heterocycles. The number of nitrogens with one attached hydrogen (secondary N) is 3. The molecule has 5 rings (SSSR count). The molecule has 1 atom stereocenters. The lowest BCUT2D eigenvalue weighted by Crippen LogP contribution is -2.45. The summed E-state index contributed by atoms with van der Waals surface area (Å²) in [5.74, 6) is 1.32. The first-order valence-electron chi connectivity index (χ1n) is 13.7. The number of hydrogen-bond acceptors (Lipinski definition) is 7. The maximum atomic E-state index is 12.9. The highest BCUT2D eigenvalue weighted by Crippen LogP contribution is 2.30. The van der Waals surface area contributed by atoms with Gasteiger partial charge in [0.05, 0.1) is 18.7 Å². The summed E-state index contributed by atoms with van der Waals surface area (Å²) in [5, 5.41) is 8.65. The molecule has 0 spiro atoms. The van der Waals surface area contributed by atoms with E-state index in [1.54, 1.807) is 37.7 Å². The van der Waals surface area contributed by atoms with Crippen molar-refractivity contribution < 1.29 is 19.1 Å². The van der Waals surface area contributed by atoms with Crippen molar-refractivity contribution in [2.24, 2.45) is 11.8 Å². The van der Waals surface area contributed by atoms with Crippen LogP contribution in [0.4, 0.5) is 11.5 Å². The lowest BCUT2D eigenvalue weighted by atomic mass is 9.97. The van der Waals surface area contributed by atoms with Crippen LogP contribution in [0.1, 0.15) is 36.0 Å². The summed E-state index contributed by atoms with van der Waals surface area (Å²) in [6, 6.07) is 16.5. The van der Waals surface area contributed by atoms with Crippen LogP contribution in [0.3, 0.4) is 0 Å². The maximum Gasteiger partial charge on any atom is 0.251 e. The first kappa shape index (κ1) is 27.1. The van der Waals surface area contributed by atoms with Crippen molar-refractivity contribution >= 4 is 29.2 Å². The number of rotatable bonds is 10. The van der Waals surface area contributed by atoms with Gasteiger partial charge in [-0.2, -0.15) is 0 Å². The standard InChI is InChI=1S/C30H34N6O4/c1-40-25-12-8-20(9-13-25)26-17-27(34-19-33-26)36-16-2-3-23(18-36)29(38)32-15-14-31-28(37)21-6-10-24(11-7-21)35-30(39)22-4-5-22/h6-13,17,19,22-23H,2-5,14-16,18H2,1H3,(H,31,37)(H,32,38)(H,35,39). The highest BCUT2D eigenvalue weighted by Gasteiger charge is 2.29. The van der Waals surface area contributed by atoms with E-state index < -0.39 is 0 Å². The van der Waals surface area contributed by atoms with E-state index in [-0.39, 0.29) is 29.6 Å². The van der Waals surface area contributed by atoms with Crippen LogP contribution in [0.5, 0.6) is 5.75 Å². The van der Waals surface area contributed by atoms with Gasteiger partial charge in [0.2, 0.25) is 11.8 Å². The Bertz CT molecular complexity index is 1340. The first-order chi connectivity index (χ1) is 19.5. The van der Waals surface area contributed by atoms with E-state index in [0.717, 1.165) is 55.1 Å². The van der Waals surface area contributed by atoms with Crippen molar-refractivity contribution in [2.45, 2.75) is 25.7 Å². The van der Waals surface area contributed by atoms with Crippen LogP contribution in [0, 0.1) is 11.8 Å². The van der Waals surface area contributed by atoms with Gasteiger partial charge in [0, 0.05) is 55.0 Å². The molecule has 1 aliphatic carbocycles. The van der Waals surface area contributed by atoms with Crippen molar-refractivity contribution in [3.05, 3.63) is 66.5 Å². The minimum atomic E-state index is -0.227. The smallest absolute Gasteiger partial charge is 0.251 e. The molecule has 10 nitrogen and oxygen atoms in total. The van der Waals surface area contributed by atoms with Crippen LogP contribution < -0.4 is 25.6 Å². The minimum Gasteiger partial charge on any atom is -0.497 e. The molecule has 1 aromatic heterocycles. The van der Waals surface area contributed by atoms with Crippen molar-refractivity contribution in [1.29, 1.82) is 0 Å². The fourth-order valence-electron chi connectivity index (χ4n) is 4.74. The van der Waals surface area contributed by atoms with Crippen LogP contribution >= 0.6 is 0 Å². The minimum absolute atomic E-state index is 0.0286. The zero-order chi connectivity index (χ0) is 27.9. The number of nitrogens with zero attached hydrogens (tertiary/aromatic N) is 3. The van der Waals surface area contributed by atoms with Gasteiger partial charge in [0.25, 0.3) is 5.91 Å². The molecule has 3 amide bonds. The molecule has 3 N–H and O–H groups in total. The number of amides is 3. The summed E-state index contributed by atoms with van der Waals surface area (Å²) >= 11 is 0. The van der Waals surface area contributed by atoms with Gasteiger partial charge in [-0.15, -0.1) is 0 Å². The zero-order valence-corrected chi connectivity index (χ0v) is 22.6. The Labute approximate surface area is 233 Å². The molecule has 2 heterocycles. The van der Waals surface area contributed by atoms with E-state index in [9.17, 15) is 14.4 Å². The van der Waals surface area contributed by atoms with Gasteiger partial charge < -0.3 is 25.6 Å². The fraction of sp³-hybridized carbons (Fsp3) is 0.367. The average molecular weight is 543 g/mol. The molecule has 1 saturated carbocycles. The Balaban J connectivity index is 1.07. The van der Waals surface area contributed by atoms with Crippen LogP contribution in [0.2, 0.25) is 0 Å². The molecule has 2 aromatic carbocycles. The van der Waals surface area contributed by atoms with Crippen molar-refractivity contribution in [1.82, 2.24) is 20.6 Å². The maximum absolute atomic E-state index is 12.9. The predicted octanol–water partition coefficient (Wildman–Crippen LogP) is 3.26. The van der Waals surface area contributed by atoms with E-state index in [1.807, 2.05) is 30.3 Å². The molecule has 0 radical (unpaired) electrons. The van der Waals surface area contributed by atoms with Crippen molar-refractivity contribution in [3.63, 3.8) is 0 Å². The topological polar surface area (TPSA) is 126 Å². The summed E-state index contributed by atoms with van der Waals surface area (Å²) in [4.78, 5) is 48.2. The molecular formula is C30H34N6O4. The Kier molecular flexibility index (Phi) is 8.53. The molecular weight excluding hydrogens is 508 g/mol. The van der Waals surface area contributed by atoms with Gasteiger partial charge in [-0.3, -0.25) is 14.4 Å². The third-order valence-electron chi connectivity index (χ3n) is 7.23. The number of aromatic nitrogens is 2. The Morgan fingerprint density at radius 3 is 2.38 bits per heavy atom. The molecule has 0 bridgehead atoms. The van der Waals surface area contributed by atoms with E-state index in [0.29, 0.717) is 30.9 Å². The monoisotopic (exact) mass is 542 g/mol. The quantitative estimate of drug-likeness (QED) is 0.336. The average Bonchev–Trinajstić information content (AvgIpc) is 3.86. The van der Waals surface area contributed by atoms with Crippen molar-refractivity contribution in [3.8, 4) is 17.0 Å². The van der Waals surface area contributed by atoms with Crippen LogP contribution in [-0.4, -0.2) is 61.0 Å². The van der Waals surface area contributed by atoms with Gasteiger partial charge in [-0.05, 0) is 74.2 Å². The van der Waals surface area contributed by atoms with E-state index in [1.165, 1.54) is 0 Å². The molecule has 40 heavy (non-hydrogen) atoms. The van der Waals surface area contributed by atoms with Gasteiger partial charge >= 0.3 is 0 Å². The Morgan fingerprint density at radius 2 is 1.65 bits per heavy atom. The second-order valence-corrected chi connectivity index (χ2v) is 10.2. The second-order valence-electron chi connectivity index (χ2n) is 10.2. The summed E-state index contributed by atoms with van der Waals surface area (Å²) < 4.78 is 5.24. The molecule has 3 aromatic rings. The lowest BCUT2D eigenvalue weighted by Gasteiger charge is -2.33. The summed E-state index contributed by atoms with van der Waals surface area (Å²) in [6.07, 6.45) is 5.12. The number of piperidine rings is 1. The van der Waals surface area contributed by atoms with Crippen molar-refractivity contribution in [2.75, 3.05) is 43.5 Å². The number of anilines is 2. The van der Waals surface area contributed by atoms with Gasteiger partial charge in [0.1, 0.15) is 17.9 Å². The summed E-state index contributed by atoms with van der Waals surface area (Å²) in [6.45, 7) is 2.05. The third kappa shape index (κ3) is 6.93. The Morgan fingerprint density at radius 1 is 0.900 bits per heavy atom. The highest BCUT2D eigenvalue weighted by atomic mass is 16.5. The SMILES string of the molecule is COc1ccc(-c2cc(N3CCCC(C(=O)NCCNC(=O)c4ccc(NC(=O)C5CC5)cc4)C3)ncn2)cc1. The van der Waals surface area contributed by atoms with Gasteiger partial charge in [-0.25, -0.2) is 9.97 Å². The van der Waals surface area contributed by atoms with Gasteiger partial charge in [0.15, 0.2) is 0 Å². The van der Waals surface area contributed by atoms with E-state index >= 15 is 0 Å². The van der Waals surface area contributed by atoms with Crippen LogP contribution in [-0.2, 0) is 9.59 Å².